The first-order chi connectivity index (χ1) is 12.6. The van der Waals surface area contributed by atoms with Crippen LogP contribution in [0.25, 0.3) is 0 Å². The Morgan fingerprint density at radius 3 is 2.42 bits per heavy atom. The molecule has 0 spiro atoms. The van der Waals surface area contributed by atoms with Crippen molar-refractivity contribution in [2.24, 2.45) is 0 Å². The van der Waals surface area contributed by atoms with Crippen LogP contribution in [0.2, 0.25) is 0 Å². The summed E-state index contributed by atoms with van der Waals surface area (Å²) in [4.78, 5) is 28.9. The Bertz CT molecular complexity index is 807. The van der Waals surface area contributed by atoms with Crippen LogP contribution < -0.4 is 14.4 Å². The van der Waals surface area contributed by atoms with Gasteiger partial charge in [0, 0.05) is 24.7 Å². The Morgan fingerprint density at radius 2 is 1.77 bits per heavy atom. The molecule has 0 saturated carbocycles. The molecular formula is C20H22N2O4. The van der Waals surface area contributed by atoms with Crippen LogP contribution in [-0.4, -0.2) is 50.1 Å². The molecule has 2 aromatic carbocycles. The summed E-state index contributed by atoms with van der Waals surface area (Å²) in [7, 11) is 3.14. The standard InChI is InChI=1S/C20H22N2O4/c1-14-19(23)22(17-10-9-16(25-2)13-18(17)26-3)12-11-21(14)20(24)15-7-5-4-6-8-15/h4-10,13-14H,11-12H2,1-3H3. The fraction of sp³-hybridized carbons (Fsp3) is 0.300. The van der Waals surface area contributed by atoms with Gasteiger partial charge >= 0.3 is 0 Å². The van der Waals surface area contributed by atoms with Crippen molar-refractivity contribution in [1.82, 2.24) is 4.90 Å². The highest BCUT2D eigenvalue weighted by Gasteiger charge is 2.36. The fourth-order valence-electron chi connectivity index (χ4n) is 3.14. The monoisotopic (exact) mass is 354 g/mol. The highest BCUT2D eigenvalue weighted by Crippen LogP contribution is 2.34. The fourth-order valence-corrected chi connectivity index (χ4v) is 3.14. The van der Waals surface area contributed by atoms with Gasteiger partial charge in [0.15, 0.2) is 0 Å². The van der Waals surface area contributed by atoms with Crippen molar-refractivity contribution in [2.45, 2.75) is 13.0 Å². The summed E-state index contributed by atoms with van der Waals surface area (Å²) in [5.74, 6) is 0.952. The van der Waals surface area contributed by atoms with Crippen LogP contribution in [-0.2, 0) is 4.79 Å². The van der Waals surface area contributed by atoms with Gasteiger partial charge in [-0.3, -0.25) is 9.59 Å². The summed E-state index contributed by atoms with van der Waals surface area (Å²) in [5, 5.41) is 0. The van der Waals surface area contributed by atoms with Gasteiger partial charge in [0.1, 0.15) is 17.5 Å². The Labute approximate surface area is 152 Å². The van der Waals surface area contributed by atoms with Gasteiger partial charge in [-0.05, 0) is 31.2 Å². The molecular weight excluding hydrogens is 332 g/mol. The second-order valence-corrected chi connectivity index (χ2v) is 6.07. The van der Waals surface area contributed by atoms with Crippen molar-refractivity contribution < 1.29 is 19.1 Å². The van der Waals surface area contributed by atoms with Crippen LogP contribution in [0.15, 0.2) is 48.5 Å². The minimum atomic E-state index is -0.553. The molecule has 136 valence electrons. The number of amides is 2. The highest BCUT2D eigenvalue weighted by molar-refractivity contribution is 6.04. The first kappa shape index (κ1) is 17.8. The van der Waals surface area contributed by atoms with Crippen molar-refractivity contribution in [3.8, 4) is 11.5 Å². The molecule has 2 aromatic rings. The zero-order valence-electron chi connectivity index (χ0n) is 15.1. The van der Waals surface area contributed by atoms with Gasteiger partial charge in [0.05, 0.1) is 19.9 Å². The van der Waals surface area contributed by atoms with Crippen LogP contribution in [0.4, 0.5) is 5.69 Å². The molecule has 26 heavy (non-hydrogen) atoms. The summed E-state index contributed by atoms with van der Waals surface area (Å²) in [6.07, 6.45) is 0. The van der Waals surface area contributed by atoms with E-state index in [0.29, 0.717) is 35.8 Å². The molecule has 0 aliphatic carbocycles. The van der Waals surface area contributed by atoms with Crippen LogP contribution in [0.5, 0.6) is 11.5 Å². The molecule has 0 N–H and O–H groups in total. The average Bonchev–Trinajstić information content (AvgIpc) is 2.69. The Hall–Kier alpha value is -3.02. The highest BCUT2D eigenvalue weighted by atomic mass is 16.5. The molecule has 1 aliphatic heterocycles. The number of hydrogen-bond donors (Lipinski definition) is 0. The molecule has 0 radical (unpaired) electrons. The summed E-state index contributed by atoms with van der Waals surface area (Å²) in [6.45, 7) is 2.62. The minimum absolute atomic E-state index is 0.132. The van der Waals surface area contributed by atoms with E-state index in [-0.39, 0.29) is 11.8 Å². The van der Waals surface area contributed by atoms with Gasteiger partial charge in [-0.25, -0.2) is 0 Å². The third-order valence-corrected chi connectivity index (χ3v) is 4.61. The second-order valence-electron chi connectivity index (χ2n) is 6.07. The summed E-state index contributed by atoms with van der Waals surface area (Å²) < 4.78 is 10.6. The number of carbonyl (C=O) groups excluding carboxylic acids is 2. The van der Waals surface area contributed by atoms with Crippen LogP contribution in [0.1, 0.15) is 17.3 Å². The van der Waals surface area contributed by atoms with E-state index >= 15 is 0 Å². The van der Waals surface area contributed by atoms with Gasteiger partial charge in [0.2, 0.25) is 5.91 Å². The Balaban J connectivity index is 1.83. The smallest absolute Gasteiger partial charge is 0.254 e. The predicted octanol–water partition coefficient (Wildman–Crippen LogP) is 2.58. The Kier molecular flexibility index (Phi) is 5.11. The molecule has 1 atom stereocenters. The number of ether oxygens (including phenoxy) is 2. The first-order valence-electron chi connectivity index (χ1n) is 8.46. The maximum atomic E-state index is 12.9. The van der Waals surface area contributed by atoms with E-state index in [9.17, 15) is 9.59 Å². The number of piperazine rings is 1. The number of benzene rings is 2. The maximum Gasteiger partial charge on any atom is 0.254 e. The van der Waals surface area contributed by atoms with Crippen LogP contribution in [0.3, 0.4) is 0 Å². The van der Waals surface area contributed by atoms with Crippen molar-refractivity contribution in [2.75, 3.05) is 32.2 Å². The number of rotatable bonds is 4. The molecule has 1 fully saturated rings. The summed E-state index contributed by atoms with van der Waals surface area (Å²) in [6, 6.07) is 13.8. The normalized spacial score (nSPS) is 17.2. The van der Waals surface area contributed by atoms with E-state index < -0.39 is 6.04 Å². The Morgan fingerprint density at radius 1 is 1.04 bits per heavy atom. The molecule has 3 rings (SSSR count). The molecule has 6 heteroatoms. The number of anilines is 1. The lowest BCUT2D eigenvalue weighted by molar-refractivity contribution is -0.124. The quantitative estimate of drug-likeness (QED) is 0.847. The SMILES string of the molecule is COc1ccc(N2CCN(C(=O)c3ccccc3)C(C)C2=O)c(OC)c1. The molecule has 1 unspecified atom stereocenters. The maximum absolute atomic E-state index is 12.9. The van der Waals surface area contributed by atoms with Gasteiger partial charge in [-0.1, -0.05) is 18.2 Å². The van der Waals surface area contributed by atoms with Crippen molar-refractivity contribution in [3.05, 3.63) is 54.1 Å². The van der Waals surface area contributed by atoms with E-state index in [2.05, 4.69) is 0 Å². The van der Waals surface area contributed by atoms with Crippen LogP contribution in [0, 0.1) is 0 Å². The number of hydrogen-bond acceptors (Lipinski definition) is 4. The molecule has 0 aromatic heterocycles. The van der Waals surface area contributed by atoms with E-state index in [0.717, 1.165) is 0 Å². The van der Waals surface area contributed by atoms with Gasteiger partial charge in [0.25, 0.3) is 5.91 Å². The second kappa shape index (κ2) is 7.47. The summed E-state index contributed by atoms with van der Waals surface area (Å²) >= 11 is 0. The lowest BCUT2D eigenvalue weighted by Gasteiger charge is -2.39. The predicted molar refractivity (Wildman–Crippen MR) is 98.8 cm³/mol. The van der Waals surface area contributed by atoms with E-state index in [1.807, 2.05) is 18.2 Å². The van der Waals surface area contributed by atoms with Crippen molar-refractivity contribution >= 4 is 17.5 Å². The topological polar surface area (TPSA) is 59.1 Å². The van der Waals surface area contributed by atoms with Gasteiger partial charge < -0.3 is 19.3 Å². The largest absolute Gasteiger partial charge is 0.497 e. The molecule has 6 nitrogen and oxygen atoms in total. The molecule has 1 heterocycles. The van der Waals surface area contributed by atoms with Crippen molar-refractivity contribution in [3.63, 3.8) is 0 Å². The third-order valence-electron chi connectivity index (χ3n) is 4.61. The van der Waals surface area contributed by atoms with Gasteiger partial charge in [-0.2, -0.15) is 0 Å². The van der Waals surface area contributed by atoms with Crippen LogP contribution >= 0.6 is 0 Å². The number of carbonyl (C=O) groups is 2. The molecule has 0 bridgehead atoms. The number of methoxy groups -OCH3 is 2. The molecule has 2 amide bonds. The van der Waals surface area contributed by atoms with E-state index in [1.165, 1.54) is 0 Å². The zero-order valence-corrected chi connectivity index (χ0v) is 15.1. The average molecular weight is 354 g/mol. The zero-order chi connectivity index (χ0) is 18.7. The number of nitrogens with zero attached hydrogens (tertiary/aromatic N) is 2. The van der Waals surface area contributed by atoms with E-state index in [4.69, 9.17) is 9.47 Å². The lowest BCUT2D eigenvalue weighted by Crippen LogP contribution is -2.57. The van der Waals surface area contributed by atoms with E-state index in [1.54, 1.807) is 61.3 Å². The summed E-state index contributed by atoms with van der Waals surface area (Å²) in [5.41, 5.74) is 1.26. The molecule has 1 aliphatic rings. The third kappa shape index (κ3) is 3.22. The minimum Gasteiger partial charge on any atom is -0.497 e. The van der Waals surface area contributed by atoms with Crippen molar-refractivity contribution in [1.29, 1.82) is 0 Å². The lowest BCUT2D eigenvalue weighted by atomic mass is 10.1. The first-order valence-corrected chi connectivity index (χ1v) is 8.46. The van der Waals surface area contributed by atoms with Gasteiger partial charge in [-0.15, -0.1) is 0 Å². The molecule has 1 saturated heterocycles.